The third-order valence-electron chi connectivity index (χ3n) is 3.75. The summed E-state index contributed by atoms with van der Waals surface area (Å²) in [6, 6.07) is 11.0. The van der Waals surface area contributed by atoms with Crippen molar-refractivity contribution in [2.24, 2.45) is 0 Å². The van der Waals surface area contributed by atoms with Gasteiger partial charge < -0.3 is 10.1 Å². The quantitative estimate of drug-likeness (QED) is 0.627. The van der Waals surface area contributed by atoms with Gasteiger partial charge >= 0.3 is 0 Å². The Bertz CT molecular complexity index is 787. The number of ether oxygens (including phenoxy) is 1. The Hall–Kier alpha value is -1.90. The lowest BCUT2D eigenvalue weighted by molar-refractivity contribution is -0.121. The molecule has 6 nitrogen and oxygen atoms in total. The van der Waals surface area contributed by atoms with Crippen molar-refractivity contribution >= 4 is 27.3 Å². The summed E-state index contributed by atoms with van der Waals surface area (Å²) < 4.78 is 31.7. The number of hydrogen-bond donors (Lipinski definition) is 1. The second kappa shape index (κ2) is 9.70. The van der Waals surface area contributed by atoms with E-state index in [2.05, 4.69) is 5.32 Å². The Morgan fingerprint density at radius 2 is 1.96 bits per heavy atom. The summed E-state index contributed by atoms with van der Waals surface area (Å²) in [5.41, 5.74) is 1.16. The number of hydrogen-bond acceptors (Lipinski definition) is 5. The molecule has 26 heavy (non-hydrogen) atoms. The van der Waals surface area contributed by atoms with Crippen LogP contribution in [0.15, 0.2) is 46.0 Å². The highest BCUT2D eigenvalue weighted by molar-refractivity contribution is 7.91. The van der Waals surface area contributed by atoms with Crippen molar-refractivity contribution in [1.29, 1.82) is 0 Å². The first kappa shape index (κ1) is 20.4. The predicted octanol–water partition coefficient (Wildman–Crippen LogP) is 2.65. The topological polar surface area (TPSA) is 75.7 Å². The number of rotatable bonds is 10. The van der Waals surface area contributed by atoms with Crippen molar-refractivity contribution < 1.29 is 17.9 Å². The Labute approximate surface area is 158 Å². The molecule has 2 aromatic rings. The molecule has 1 aromatic heterocycles. The summed E-state index contributed by atoms with van der Waals surface area (Å²) in [7, 11) is -1.92. The van der Waals surface area contributed by atoms with Crippen molar-refractivity contribution in [2.45, 2.75) is 24.0 Å². The monoisotopic (exact) mass is 396 g/mol. The first-order chi connectivity index (χ1) is 12.4. The van der Waals surface area contributed by atoms with E-state index in [9.17, 15) is 13.2 Å². The third kappa shape index (κ3) is 6.12. The van der Waals surface area contributed by atoms with Gasteiger partial charge in [-0.3, -0.25) is 4.79 Å². The first-order valence-electron chi connectivity index (χ1n) is 8.35. The Kier molecular flexibility index (Phi) is 7.62. The van der Waals surface area contributed by atoms with E-state index in [1.807, 2.05) is 31.2 Å². The molecule has 8 heteroatoms. The van der Waals surface area contributed by atoms with Crippen LogP contribution in [0.1, 0.15) is 18.4 Å². The average molecular weight is 397 g/mol. The third-order valence-corrected chi connectivity index (χ3v) is 6.98. The summed E-state index contributed by atoms with van der Waals surface area (Å²) in [6.45, 7) is 3.11. The molecule has 1 heterocycles. The molecule has 0 bridgehead atoms. The van der Waals surface area contributed by atoms with E-state index in [0.717, 1.165) is 11.3 Å². The summed E-state index contributed by atoms with van der Waals surface area (Å²) in [6.07, 6.45) is 0.737. The number of nitrogens with one attached hydrogen (secondary N) is 1. The lowest BCUT2D eigenvalue weighted by atomic mass is 10.2. The van der Waals surface area contributed by atoms with Crippen molar-refractivity contribution in [1.82, 2.24) is 9.62 Å². The minimum Gasteiger partial charge on any atom is -0.492 e. The number of benzene rings is 1. The number of carbonyl (C=O) groups is 1. The molecule has 0 saturated carbocycles. The largest absolute Gasteiger partial charge is 0.492 e. The van der Waals surface area contributed by atoms with Crippen molar-refractivity contribution in [3.63, 3.8) is 0 Å². The molecule has 0 saturated heterocycles. The molecular weight excluding hydrogens is 372 g/mol. The maximum Gasteiger partial charge on any atom is 0.252 e. The molecule has 0 fully saturated rings. The van der Waals surface area contributed by atoms with Crippen LogP contribution in [0.3, 0.4) is 0 Å². The van der Waals surface area contributed by atoms with Crippen LogP contribution in [0, 0.1) is 6.92 Å². The molecule has 142 valence electrons. The van der Waals surface area contributed by atoms with Crippen LogP contribution >= 0.6 is 11.3 Å². The van der Waals surface area contributed by atoms with Gasteiger partial charge in [0.25, 0.3) is 10.0 Å². The molecule has 0 aliphatic heterocycles. The van der Waals surface area contributed by atoms with E-state index < -0.39 is 10.0 Å². The van der Waals surface area contributed by atoms with Gasteiger partial charge in [0, 0.05) is 20.0 Å². The average Bonchev–Trinajstić information content (AvgIpc) is 3.15. The fourth-order valence-electron chi connectivity index (χ4n) is 2.23. The summed E-state index contributed by atoms with van der Waals surface area (Å²) in [4.78, 5) is 11.8. The standard InChI is InChI=1S/C18H24N2O4S2/c1-15-7-9-16(10-8-15)24-13-11-19-17(21)5-3-12-20(2)26(22,23)18-6-4-14-25-18/h4,6-10,14H,3,5,11-13H2,1-2H3,(H,19,21). The molecule has 1 aromatic carbocycles. The van der Waals surface area contributed by atoms with Crippen molar-refractivity contribution in [3.05, 3.63) is 47.3 Å². The minimum absolute atomic E-state index is 0.112. The van der Waals surface area contributed by atoms with Gasteiger partial charge in [0.2, 0.25) is 5.91 Å². The van der Waals surface area contributed by atoms with E-state index >= 15 is 0 Å². The number of amides is 1. The van der Waals surface area contributed by atoms with Crippen LogP contribution in [0.5, 0.6) is 5.75 Å². The molecule has 0 aliphatic carbocycles. The summed E-state index contributed by atoms with van der Waals surface area (Å²) >= 11 is 1.19. The predicted molar refractivity (Wildman–Crippen MR) is 103 cm³/mol. The van der Waals surface area contributed by atoms with E-state index in [0.29, 0.717) is 30.3 Å². The van der Waals surface area contributed by atoms with E-state index in [1.54, 1.807) is 17.5 Å². The van der Waals surface area contributed by atoms with Crippen LogP contribution in [0.25, 0.3) is 0 Å². The molecule has 0 radical (unpaired) electrons. The van der Waals surface area contributed by atoms with Gasteiger partial charge in [-0.05, 0) is 36.9 Å². The molecule has 0 spiro atoms. The zero-order valence-electron chi connectivity index (χ0n) is 15.0. The molecule has 0 atom stereocenters. The van der Waals surface area contributed by atoms with Gasteiger partial charge in [-0.15, -0.1) is 11.3 Å². The summed E-state index contributed by atoms with van der Waals surface area (Å²) in [5.74, 6) is 0.657. The lowest BCUT2D eigenvalue weighted by Gasteiger charge is -2.15. The highest BCUT2D eigenvalue weighted by atomic mass is 32.2. The SMILES string of the molecule is Cc1ccc(OCCNC(=O)CCCN(C)S(=O)(=O)c2cccs2)cc1. The molecule has 0 aliphatic rings. The zero-order valence-corrected chi connectivity index (χ0v) is 16.6. The first-order valence-corrected chi connectivity index (χ1v) is 10.7. The summed E-state index contributed by atoms with van der Waals surface area (Å²) in [5, 5.41) is 4.50. The maximum absolute atomic E-state index is 12.3. The van der Waals surface area contributed by atoms with Crippen LogP contribution in [0.2, 0.25) is 0 Å². The van der Waals surface area contributed by atoms with Crippen LogP contribution in [-0.4, -0.2) is 45.4 Å². The Balaban J connectivity index is 1.62. The fourth-order valence-corrected chi connectivity index (χ4v) is 4.64. The fraction of sp³-hybridized carbons (Fsp3) is 0.389. The van der Waals surface area contributed by atoms with Gasteiger partial charge in [0.15, 0.2) is 0 Å². The van der Waals surface area contributed by atoms with Gasteiger partial charge in [-0.1, -0.05) is 23.8 Å². The smallest absolute Gasteiger partial charge is 0.252 e. The minimum atomic E-state index is -3.45. The molecule has 0 unspecified atom stereocenters. The maximum atomic E-state index is 12.3. The van der Waals surface area contributed by atoms with Gasteiger partial charge in [-0.25, -0.2) is 12.7 Å². The normalized spacial score (nSPS) is 11.5. The van der Waals surface area contributed by atoms with Crippen LogP contribution < -0.4 is 10.1 Å². The number of sulfonamides is 1. The van der Waals surface area contributed by atoms with E-state index in [1.165, 1.54) is 22.7 Å². The Morgan fingerprint density at radius 3 is 2.62 bits per heavy atom. The zero-order chi connectivity index (χ0) is 19.0. The van der Waals surface area contributed by atoms with Crippen molar-refractivity contribution in [2.75, 3.05) is 26.7 Å². The molecule has 1 amide bonds. The van der Waals surface area contributed by atoms with Crippen LogP contribution in [-0.2, 0) is 14.8 Å². The van der Waals surface area contributed by atoms with Gasteiger partial charge in [0.1, 0.15) is 16.6 Å². The number of aryl methyl sites for hydroxylation is 1. The molecular formula is C18H24N2O4S2. The molecule has 2 rings (SSSR count). The number of nitrogens with zero attached hydrogens (tertiary/aromatic N) is 1. The Morgan fingerprint density at radius 1 is 1.23 bits per heavy atom. The van der Waals surface area contributed by atoms with E-state index in [4.69, 9.17) is 4.74 Å². The van der Waals surface area contributed by atoms with E-state index in [-0.39, 0.29) is 12.3 Å². The number of carbonyl (C=O) groups excluding carboxylic acids is 1. The molecule has 1 N–H and O–H groups in total. The second-order valence-electron chi connectivity index (χ2n) is 5.87. The van der Waals surface area contributed by atoms with Gasteiger partial charge in [0.05, 0.1) is 6.54 Å². The van der Waals surface area contributed by atoms with Crippen molar-refractivity contribution in [3.8, 4) is 5.75 Å². The highest BCUT2D eigenvalue weighted by Gasteiger charge is 2.21. The van der Waals surface area contributed by atoms with Crippen LogP contribution in [0.4, 0.5) is 0 Å². The number of thiophene rings is 1. The highest BCUT2D eigenvalue weighted by Crippen LogP contribution is 2.19. The van der Waals surface area contributed by atoms with Gasteiger partial charge in [-0.2, -0.15) is 0 Å². The lowest BCUT2D eigenvalue weighted by Crippen LogP contribution is -2.30. The second-order valence-corrected chi connectivity index (χ2v) is 9.09.